The van der Waals surface area contributed by atoms with Gasteiger partial charge in [0.1, 0.15) is 0 Å². The molecule has 0 saturated carbocycles. The van der Waals surface area contributed by atoms with Gasteiger partial charge >= 0.3 is 5.97 Å². The molecule has 0 aliphatic rings. The zero-order valence-electron chi connectivity index (χ0n) is 14.9. The average molecular weight is 316 g/mol. The summed E-state index contributed by atoms with van der Waals surface area (Å²) in [6.07, 6.45) is -0.265. The summed E-state index contributed by atoms with van der Waals surface area (Å²) in [5, 5.41) is 8.65. The number of hydrogen-bond acceptors (Lipinski definition) is 5. The molecule has 0 amide bonds. The van der Waals surface area contributed by atoms with Gasteiger partial charge in [-0.15, -0.1) is 0 Å². The van der Waals surface area contributed by atoms with Gasteiger partial charge < -0.3 is 10.8 Å². The maximum Gasteiger partial charge on any atom is 0.305 e. The number of hydroxylamine groups is 1. The van der Waals surface area contributed by atoms with Crippen molar-refractivity contribution >= 4 is 11.8 Å². The molecule has 0 radical (unpaired) electrons. The minimum absolute atomic E-state index is 0.0507. The van der Waals surface area contributed by atoms with E-state index < -0.39 is 12.0 Å². The molecule has 2 atom stereocenters. The average Bonchev–Trinajstić information content (AvgIpc) is 2.23. The highest BCUT2D eigenvalue weighted by atomic mass is 16.7. The highest BCUT2D eigenvalue weighted by Crippen LogP contribution is 2.35. The van der Waals surface area contributed by atoms with Crippen LogP contribution in [-0.4, -0.2) is 35.0 Å². The first-order valence-corrected chi connectivity index (χ1v) is 7.66. The van der Waals surface area contributed by atoms with Crippen LogP contribution in [0.1, 0.15) is 61.3 Å². The van der Waals surface area contributed by atoms with E-state index in [-0.39, 0.29) is 41.6 Å². The maximum absolute atomic E-state index is 11.8. The van der Waals surface area contributed by atoms with E-state index in [1.165, 1.54) is 0 Å². The van der Waals surface area contributed by atoms with Crippen molar-refractivity contribution in [1.82, 2.24) is 5.48 Å². The monoisotopic (exact) mass is 316 g/mol. The van der Waals surface area contributed by atoms with Gasteiger partial charge in [0.2, 0.25) is 0 Å². The lowest BCUT2D eigenvalue weighted by Gasteiger charge is -2.40. The summed E-state index contributed by atoms with van der Waals surface area (Å²) >= 11 is 0. The summed E-state index contributed by atoms with van der Waals surface area (Å²) in [5.74, 6) is -1.35. The molecule has 0 aliphatic carbocycles. The molecule has 0 saturated heterocycles. The number of hydrogen-bond donors (Lipinski definition) is 3. The molecule has 0 aromatic carbocycles. The second-order valence-corrected chi connectivity index (χ2v) is 8.12. The van der Waals surface area contributed by atoms with Gasteiger partial charge in [0, 0.05) is 12.5 Å². The third-order valence-electron chi connectivity index (χ3n) is 3.28. The molecule has 0 aliphatic heterocycles. The fourth-order valence-electron chi connectivity index (χ4n) is 2.63. The van der Waals surface area contributed by atoms with Crippen LogP contribution >= 0.6 is 0 Å². The summed E-state index contributed by atoms with van der Waals surface area (Å²) < 4.78 is 0. The van der Waals surface area contributed by atoms with Crippen LogP contribution in [0.3, 0.4) is 0 Å². The van der Waals surface area contributed by atoms with E-state index in [0.29, 0.717) is 0 Å². The van der Waals surface area contributed by atoms with Crippen molar-refractivity contribution in [3.05, 3.63) is 0 Å². The van der Waals surface area contributed by atoms with E-state index in [0.717, 1.165) is 0 Å². The van der Waals surface area contributed by atoms with Crippen molar-refractivity contribution in [2.45, 2.75) is 79.5 Å². The number of rotatable bonds is 8. The van der Waals surface area contributed by atoms with E-state index >= 15 is 0 Å². The molecule has 0 aromatic heterocycles. The zero-order chi connectivity index (χ0) is 17.7. The van der Waals surface area contributed by atoms with Crippen LogP contribution in [0.25, 0.3) is 0 Å². The van der Waals surface area contributed by atoms with Gasteiger partial charge in [-0.3, -0.25) is 14.4 Å². The van der Waals surface area contributed by atoms with Crippen molar-refractivity contribution in [3.63, 3.8) is 0 Å². The van der Waals surface area contributed by atoms with Gasteiger partial charge in [-0.25, -0.2) is 0 Å². The first-order chi connectivity index (χ1) is 9.75. The highest BCUT2D eigenvalue weighted by Gasteiger charge is 2.36. The van der Waals surface area contributed by atoms with E-state index in [4.69, 9.17) is 15.7 Å². The first-order valence-electron chi connectivity index (χ1n) is 7.66. The summed E-state index contributed by atoms with van der Waals surface area (Å²) in [6.45, 7) is 14.4. The van der Waals surface area contributed by atoms with Crippen LogP contribution < -0.4 is 11.2 Å². The molecule has 4 N–H and O–H groups in total. The van der Waals surface area contributed by atoms with Gasteiger partial charge in [-0.2, -0.15) is 5.48 Å². The lowest BCUT2D eigenvalue weighted by Crippen LogP contribution is -2.46. The van der Waals surface area contributed by atoms with Crippen LogP contribution in [-0.2, 0) is 14.4 Å². The third kappa shape index (κ3) is 7.87. The lowest BCUT2D eigenvalue weighted by molar-refractivity contribution is -0.144. The number of carboxylic acid groups (broad SMARTS) is 1. The van der Waals surface area contributed by atoms with E-state index in [1.807, 2.05) is 6.92 Å². The normalized spacial score (nSPS) is 15.7. The number of carbonyl (C=O) groups is 2. The highest BCUT2D eigenvalue weighted by molar-refractivity contribution is 5.87. The summed E-state index contributed by atoms with van der Waals surface area (Å²) in [5.41, 5.74) is 8.35. The quantitative estimate of drug-likeness (QED) is 0.593. The molecule has 0 spiro atoms. The second kappa shape index (κ2) is 8.04. The Labute approximate surface area is 133 Å². The minimum atomic E-state index is -1.07. The van der Waals surface area contributed by atoms with Crippen LogP contribution in [0.2, 0.25) is 0 Å². The molecule has 0 heterocycles. The second-order valence-electron chi connectivity index (χ2n) is 8.12. The Balaban J connectivity index is 4.51. The van der Waals surface area contributed by atoms with E-state index in [9.17, 15) is 9.59 Å². The number of nitrogens with one attached hydrogen (secondary N) is 1. The standard InChI is InChI=1S/C16H32N2O4/c1-10(8-12(19)11(17)9-13(20)21)18-22-14(15(2,3)4)16(5,6)7/h10-11,14,18H,8-9,17H2,1-7H3,(H,20,21)/t10?,11-/m0/s1. The Morgan fingerprint density at radius 2 is 1.55 bits per heavy atom. The molecule has 0 aromatic rings. The smallest absolute Gasteiger partial charge is 0.305 e. The van der Waals surface area contributed by atoms with Gasteiger partial charge in [-0.1, -0.05) is 41.5 Å². The van der Waals surface area contributed by atoms with Crippen LogP contribution in [0.4, 0.5) is 0 Å². The molecule has 6 heteroatoms. The topological polar surface area (TPSA) is 102 Å². The van der Waals surface area contributed by atoms with Gasteiger partial charge in [0.15, 0.2) is 5.78 Å². The lowest BCUT2D eigenvalue weighted by atomic mass is 9.74. The van der Waals surface area contributed by atoms with Gasteiger partial charge in [-0.05, 0) is 17.8 Å². The molecule has 0 rings (SSSR count). The molecule has 0 fully saturated rings. The Morgan fingerprint density at radius 1 is 1.09 bits per heavy atom. The molecule has 6 nitrogen and oxygen atoms in total. The summed E-state index contributed by atoms with van der Waals surface area (Å²) in [4.78, 5) is 28.2. The number of ketones is 1. The summed E-state index contributed by atoms with van der Waals surface area (Å²) in [7, 11) is 0. The van der Waals surface area contributed by atoms with Crippen LogP contribution in [0.5, 0.6) is 0 Å². The summed E-state index contributed by atoms with van der Waals surface area (Å²) in [6, 6.07) is -1.21. The Bertz CT molecular complexity index is 369. The van der Waals surface area contributed by atoms with Gasteiger partial charge in [0.25, 0.3) is 0 Å². The van der Waals surface area contributed by atoms with Gasteiger partial charge in [0.05, 0.1) is 18.6 Å². The fourth-order valence-corrected chi connectivity index (χ4v) is 2.63. The molecular weight excluding hydrogens is 284 g/mol. The third-order valence-corrected chi connectivity index (χ3v) is 3.28. The van der Waals surface area contributed by atoms with Crippen molar-refractivity contribution in [1.29, 1.82) is 0 Å². The minimum Gasteiger partial charge on any atom is -0.481 e. The Kier molecular flexibility index (Phi) is 7.68. The first kappa shape index (κ1) is 21.0. The molecule has 130 valence electrons. The molecule has 22 heavy (non-hydrogen) atoms. The number of carbonyl (C=O) groups excluding carboxylic acids is 1. The molecular formula is C16H32N2O4. The fraction of sp³-hybridized carbons (Fsp3) is 0.875. The van der Waals surface area contributed by atoms with Crippen LogP contribution in [0, 0.1) is 10.8 Å². The van der Waals surface area contributed by atoms with Crippen molar-refractivity contribution in [2.75, 3.05) is 0 Å². The number of carboxylic acids is 1. The SMILES string of the molecule is CC(CC(=O)[C@@H](N)CC(=O)O)NOC(C(C)(C)C)C(C)(C)C. The zero-order valence-corrected chi connectivity index (χ0v) is 14.9. The number of nitrogens with two attached hydrogens (primary N) is 1. The number of Topliss-reactive ketones (excluding diaryl/α,β-unsaturated/α-hetero) is 1. The maximum atomic E-state index is 11.8. The van der Waals surface area contributed by atoms with E-state index in [2.05, 4.69) is 47.0 Å². The molecule has 1 unspecified atom stereocenters. The predicted molar refractivity (Wildman–Crippen MR) is 86.2 cm³/mol. The van der Waals surface area contributed by atoms with Crippen molar-refractivity contribution < 1.29 is 19.5 Å². The van der Waals surface area contributed by atoms with E-state index in [1.54, 1.807) is 0 Å². The van der Waals surface area contributed by atoms with Crippen molar-refractivity contribution in [3.8, 4) is 0 Å². The Morgan fingerprint density at radius 3 is 1.91 bits per heavy atom. The largest absolute Gasteiger partial charge is 0.481 e. The predicted octanol–water partition coefficient (Wildman–Crippen LogP) is 2.12. The van der Waals surface area contributed by atoms with Crippen molar-refractivity contribution in [2.24, 2.45) is 16.6 Å². The number of aliphatic carboxylic acids is 1. The Hall–Kier alpha value is -0.980. The van der Waals surface area contributed by atoms with Crippen LogP contribution in [0.15, 0.2) is 0 Å². The molecule has 0 bridgehead atoms.